The van der Waals surface area contributed by atoms with Gasteiger partial charge in [-0.3, -0.25) is 10.5 Å². The minimum Gasteiger partial charge on any atom is -0.369 e. The number of H-pyrrole nitrogens is 1. The molecule has 7 nitrogen and oxygen atoms in total. The maximum Gasteiger partial charge on any atom is 0.241 e. The minimum absolute atomic E-state index is 0.383. The summed E-state index contributed by atoms with van der Waals surface area (Å²) in [4.78, 5) is 8.51. The number of fused-ring (bicyclic) bond motifs is 1. The number of rotatable bonds is 5. The standard InChI is InChI=1S/C11H17N7/c1-6(7-2-3-7)4-13-9-8-5-14-18-10(8)16-11(15-9)17-12/h5-7H,2-4,12H2,1H3,(H3,13,14,15,16,17,18). The van der Waals surface area contributed by atoms with Crippen LogP contribution in [0.5, 0.6) is 0 Å². The molecule has 2 aromatic rings. The van der Waals surface area contributed by atoms with Gasteiger partial charge in [0, 0.05) is 6.54 Å². The van der Waals surface area contributed by atoms with Crippen molar-refractivity contribution in [3.05, 3.63) is 6.20 Å². The van der Waals surface area contributed by atoms with Gasteiger partial charge in [0.2, 0.25) is 5.95 Å². The summed E-state index contributed by atoms with van der Waals surface area (Å²) in [5, 5.41) is 11.0. The lowest BCUT2D eigenvalue weighted by Crippen LogP contribution is -2.16. The Hall–Kier alpha value is -1.89. The lowest BCUT2D eigenvalue weighted by Gasteiger charge is -2.12. The summed E-state index contributed by atoms with van der Waals surface area (Å²) < 4.78 is 0. The predicted octanol–water partition coefficient (Wildman–Crippen LogP) is 1.10. The van der Waals surface area contributed by atoms with Crippen LogP contribution >= 0.6 is 0 Å². The molecule has 0 saturated heterocycles. The van der Waals surface area contributed by atoms with E-state index in [1.165, 1.54) is 12.8 Å². The van der Waals surface area contributed by atoms with E-state index in [0.717, 1.165) is 23.7 Å². The average molecular weight is 247 g/mol. The molecular formula is C11H17N7. The van der Waals surface area contributed by atoms with Gasteiger partial charge in [-0.2, -0.15) is 15.1 Å². The molecule has 7 heteroatoms. The van der Waals surface area contributed by atoms with Crippen LogP contribution in [-0.2, 0) is 0 Å². The van der Waals surface area contributed by atoms with Crippen molar-refractivity contribution in [2.75, 3.05) is 17.3 Å². The molecule has 3 rings (SSSR count). The Balaban J connectivity index is 1.82. The van der Waals surface area contributed by atoms with Crippen LogP contribution in [0.1, 0.15) is 19.8 Å². The topological polar surface area (TPSA) is 105 Å². The Bertz CT molecular complexity index is 545. The molecule has 0 amide bonds. The second-order valence-corrected chi connectivity index (χ2v) is 4.87. The predicted molar refractivity (Wildman–Crippen MR) is 69.9 cm³/mol. The maximum absolute atomic E-state index is 5.36. The number of anilines is 2. The van der Waals surface area contributed by atoms with E-state index < -0.39 is 0 Å². The van der Waals surface area contributed by atoms with Crippen LogP contribution in [0.25, 0.3) is 11.0 Å². The highest BCUT2D eigenvalue weighted by molar-refractivity contribution is 5.86. The van der Waals surface area contributed by atoms with Crippen molar-refractivity contribution in [2.45, 2.75) is 19.8 Å². The smallest absolute Gasteiger partial charge is 0.241 e. The fraction of sp³-hybridized carbons (Fsp3) is 0.545. The third-order valence-corrected chi connectivity index (χ3v) is 3.46. The fourth-order valence-corrected chi connectivity index (χ4v) is 2.12. The number of nitrogen functional groups attached to an aromatic ring is 1. The van der Waals surface area contributed by atoms with Gasteiger partial charge in [0.15, 0.2) is 5.65 Å². The normalized spacial score (nSPS) is 16.8. The maximum atomic E-state index is 5.36. The number of aromatic nitrogens is 4. The van der Waals surface area contributed by atoms with Gasteiger partial charge in [-0.25, -0.2) is 5.84 Å². The second-order valence-electron chi connectivity index (χ2n) is 4.87. The largest absolute Gasteiger partial charge is 0.369 e. The molecule has 0 radical (unpaired) electrons. The molecule has 2 heterocycles. The molecule has 1 fully saturated rings. The van der Waals surface area contributed by atoms with E-state index in [1.807, 2.05) is 0 Å². The van der Waals surface area contributed by atoms with E-state index in [9.17, 15) is 0 Å². The summed E-state index contributed by atoms with van der Waals surface area (Å²) in [7, 11) is 0. The minimum atomic E-state index is 0.383. The first-order chi connectivity index (χ1) is 8.78. The monoisotopic (exact) mass is 247 g/mol. The van der Waals surface area contributed by atoms with E-state index in [0.29, 0.717) is 17.5 Å². The lowest BCUT2D eigenvalue weighted by molar-refractivity contribution is 0.536. The van der Waals surface area contributed by atoms with Crippen molar-refractivity contribution in [3.8, 4) is 0 Å². The van der Waals surface area contributed by atoms with Crippen molar-refractivity contribution in [1.82, 2.24) is 20.2 Å². The molecule has 1 aliphatic rings. The molecule has 5 N–H and O–H groups in total. The van der Waals surface area contributed by atoms with Gasteiger partial charge < -0.3 is 5.32 Å². The first-order valence-corrected chi connectivity index (χ1v) is 6.19. The quantitative estimate of drug-likeness (QED) is 0.466. The number of hydrazine groups is 1. The molecule has 0 aromatic carbocycles. The van der Waals surface area contributed by atoms with E-state index in [2.05, 4.69) is 37.8 Å². The highest BCUT2D eigenvalue weighted by Gasteiger charge is 2.27. The van der Waals surface area contributed by atoms with Crippen LogP contribution in [0.15, 0.2) is 6.20 Å². The number of aromatic amines is 1. The molecule has 18 heavy (non-hydrogen) atoms. The van der Waals surface area contributed by atoms with E-state index in [-0.39, 0.29) is 0 Å². The lowest BCUT2D eigenvalue weighted by atomic mass is 10.1. The van der Waals surface area contributed by atoms with Gasteiger partial charge >= 0.3 is 0 Å². The first-order valence-electron chi connectivity index (χ1n) is 6.19. The Labute approximate surface area is 105 Å². The Kier molecular flexibility index (Phi) is 2.75. The number of nitrogens with zero attached hydrogens (tertiary/aromatic N) is 3. The zero-order valence-corrected chi connectivity index (χ0v) is 10.3. The van der Waals surface area contributed by atoms with Gasteiger partial charge in [-0.15, -0.1) is 0 Å². The zero-order valence-electron chi connectivity index (χ0n) is 10.3. The highest BCUT2D eigenvalue weighted by atomic mass is 15.3. The van der Waals surface area contributed by atoms with Crippen LogP contribution in [0.3, 0.4) is 0 Å². The van der Waals surface area contributed by atoms with Crippen molar-refractivity contribution in [2.24, 2.45) is 17.7 Å². The summed E-state index contributed by atoms with van der Waals surface area (Å²) >= 11 is 0. The first kappa shape index (κ1) is 11.2. The Morgan fingerprint density at radius 1 is 1.50 bits per heavy atom. The van der Waals surface area contributed by atoms with E-state index in [1.54, 1.807) is 6.20 Å². The number of hydrogen-bond acceptors (Lipinski definition) is 6. The summed E-state index contributed by atoms with van der Waals surface area (Å²) in [6.07, 6.45) is 4.42. The average Bonchev–Trinajstić information content (AvgIpc) is 3.13. The summed E-state index contributed by atoms with van der Waals surface area (Å²) in [5.41, 5.74) is 3.14. The Morgan fingerprint density at radius 2 is 2.33 bits per heavy atom. The molecule has 1 unspecified atom stereocenters. The SMILES string of the molecule is CC(CNc1nc(NN)nc2[nH]ncc12)C1CC1. The van der Waals surface area contributed by atoms with Gasteiger partial charge in [0.25, 0.3) is 0 Å². The third-order valence-electron chi connectivity index (χ3n) is 3.46. The molecule has 1 atom stereocenters. The van der Waals surface area contributed by atoms with E-state index >= 15 is 0 Å². The second kappa shape index (κ2) is 4.41. The van der Waals surface area contributed by atoms with Crippen LogP contribution in [0, 0.1) is 11.8 Å². The fourth-order valence-electron chi connectivity index (χ4n) is 2.12. The molecule has 0 spiro atoms. The Morgan fingerprint density at radius 3 is 3.06 bits per heavy atom. The van der Waals surface area contributed by atoms with Crippen LogP contribution in [0.4, 0.5) is 11.8 Å². The van der Waals surface area contributed by atoms with Crippen molar-refractivity contribution < 1.29 is 0 Å². The van der Waals surface area contributed by atoms with Crippen LogP contribution < -0.4 is 16.6 Å². The molecular weight excluding hydrogens is 230 g/mol. The zero-order chi connectivity index (χ0) is 12.5. The summed E-state index contributed by atoms with van der Waals surface area (Å²) in [6, 6.07) is 0. The third kappa shape index (κ3) is 2.08. The number of hydrogen-bond donors (Lipinski definition) is 4. The van der Waals surface area contributed by atoms with Gasteiger partial charge in [0.05, 0.1) is 11.6 Å². The van der Waals surface area contributed by atoms with E-state index in [4.69, 9.17) is 5.84 Å². The van der Waals surface area contributed by atoms with Crippen molar-refractivity contribution in [1.29, 1.82) is 0 Å². The molecule has 0 bridgehead atoms. The number of nitrogens with two attached hydrogens (primary N) is 1. The van der Waals surface area contributed by atoms with Gasteiger partial charge in [0.1, 0.15) is 5.82 Å². The highest BCUT2D eigenvalue weighted by Crippen LogP contribution is 2.36. The van der Waals surface area contributed by atoms with Crippen LogP contribution in [0.2, 0.25) is 0 Å². The molecule has 0 aliphatic heterocycles. The molecule has 1 aliphatic carbocycles. The van der Waals surface area contributed by atoms with Gasteiger partial charge in [-0.05, 0) is 24.7 Å². The molecule has 2 aromatic heterocycles. The van der Waals surface area contributed by atoms with Crippen molar-refractivity contribution in [3.63, 3.8) is 0 Å². The summed E-state index contributed by atoms with van der Waals surface area (Å²) in [6.45, 7) is 3.17. The van der Waals surface area contributed by atoms with Gasteiger partial charge in [-0.1, -0.05) is 6.92 Å². The van der Waals surface area contributed by atoms with Crippen LogP contribution in [-0.4, -0.2) is 26.7 Å². The molecule has 96 valence electrons. The van der Waals surface area contributed by atoms with Crippen molar-refractivity contribution >= 4 is 22.8 Å². The number of nitrogens with one attached hydrogen (secondary N) is 3. The summed E-state index contributed by atoms with van der Waals surface area (Å²) in [5.74, 6) is 8.04. The molecule has 1 saturated carbocycles.